The molecular weight excluding hydrogens is 342 g/mol. The lowest BCUT2D eigenvalue weighted by molar-refractivity contribution is 0.0671. The number of likely N-dealkylation sites (tertiary alicyclic amines) is 1. The number of phenols is 1. The molecule has 0 bridgehead atoms. The summed E-state index contributed by atoms with van der Waals surface area (Å²) < 4.78 is 11.2. The summed E-state index contributed by atoms with van der Waals surface area (Å²) in [5, 5.41) is 10.00. The molecule has 1 N–H and O–H groups in total. The molecule has 2 aromatic carbocycles. The number of rotatable bonds is 4. The minimum atomic E-state index is 0.0410. The molecule has 0 unspecified atom stereocenters. The molecule has 1 amide bonds. The van der Waals surface area contributed by atoms with E-state index < -0.39 is 0 Å². The molecule has 0 aromatic heterocycles. The maximum absolute atomic E-state index is 13.2. The first-order valence-electron chi connectivity index (χ1n) is 9.62. The first kappa shape index (κ1) is 17.7. The molecule has 5 heteroatoms. The van der Waals surface area contributed by atoms with Gasteiger partial charge < -0.3 is 19.5 Å². The average Bonchev–Trinajstić information content (AvgIpc) is 3.07. The Morgan fingerprint density at radius 2 is 1.89 bits per heavy atom. The van der Waals surface area contributed by atoms with Crippen molar-refractivity contribution >= 4 is 5.91 Å². The lowest BCUT2D eigenvalue weighted by Crippen LogP contribution is -2.40. The fraction of sp³-hybridized carbons (Fsp3) is 0.409. The number of carbonyl (C=O) groups is 1. The second kappa shape index (κ2) is 7.51. The highest BCUT2D eigenvalue weighted by Gasteiger charge is 2.35. The number of aryl methyl sites for hydroxylation is 1. The van der Waals surface area contributed by atoms with Crippen molar-refractivity contribution in [3.8, 4) is 17.2 Å². The number of fused-ring (bicyclic) bond motifs is 1. The van der Waals surface area contributed by atoms with Gasteiger partial charge in [-0.25, -0.2) is 0 Å². The quantitative estimate of drug-likeness (QED) is 0.893. The van der Waals surface area contributed by atoms with E-state index in [0.29, 0.717) is 36.0 Å². The molecule has 2 aromatic rings. The number of benzene rings is 2. The zero-order valence-corrected chi connectivity index (χ0v) is 15.6. The van der Waals surface area contributed by atoms with Crippen LogP contribution in [0.5, 0.6) is 17.2 Å². The van der Waals surface area contributed by atoms with Gasteiger partial charge in [0.1, 0.15) is 19.0 Å². The molecule has 1 fully saturated rings. The predicted molar refractivity (Wildman–Crippen MR) is 103 cm³/mol. The molecule has 2 aliphatic rings. The van der Waals surface area contributed by atoms with E-state index in [0.717, 1.165) is 31.2 Å². The fourth-order valence-corrected chi connectivity index (χ4v) is 4.09. The molecule has 1 saturated heterocycles. The molecule has 2 aliphatic heterocycles. The maximum atomic E-state index is 13.2. The molecule has 0 saturated carbocycles. The highest BCUT2D eigenvalue weighted by molar-refractivity contribution is 5.95. The molecule has 2 atom stereocenters. The van der Waals surface area contributed by atoms with Crippen LogP contribution in [0.4, 0.5) is 0 Å². The van der Waals surface area contributed by atoms with E-state index in [4.69, 9.17) is 9.47 Å². The first-order chi connectivity index (χ1) is 13.1. The number of carbonyl (C=O) groups excluding carboxylic acids is 1. The Balaban J connectivity index is 1.50. The number of ether oxygens (including phenoxy) is 2. The van der Waals surface area contributed by atoms with Crippen molar-refractivity contribution in [1.29, 1.82) is 0 Å². The molecule has 4 rings (SSSR count). The lowest BCUT2D eigenvalue weighted by Gasteiger charge is -2.29. The van der Waals surface area contributed by atoms with Crippen LogP contribution >= 0.6 is 0 Å². The van der Waals surface area contributed by atoms with Crippen LogP contribution in [0.2, 0.25) is 0 Å². The number of para-hydroxylation sites is 1. The number of phenolic OH excluding ortho intramolecular Hbond substituents is 1. The molecule has 0 radical (unpaired) electrons. The second-order valence-electron chi connectivity index (χ2n) is 7.32. The van der Waals surface area contributed by atoms with Crippen molar-refractivity contribution in [2.75, 3.05) is 13.2 Å². The number of aromatic hydroxyl groups is 1. The molecule has 27 heavy (non-hydrogen) atoms. The van der Waals surface area contributed by atoms with Crippen molar-refractivity contribution in [1.82, 2.24) is 4.90 Å². The minimum absolute atomic E-state index is 0.0410. The van der Waals surface area contributed by atoms with Crippen LogP contribution in [0.25, 0.3) is 0 Å². The molecule has 0 aliphatic carbocycles. The number of hydrogen-bond donors (Lipinski definition) is 1. The fourth-order valence-electron chi connectivity index (χ4n) is 4.09. The van der Waals surface area contributed by atoms with Crippen molar-refractivity contribution in [2.24, 2.45) is 0 Å². The highest BCUT2D eigenvalue weighted by atomic mass is 16.6. The Kier molecular flexibility index (Phi) is 4.92. The molecule has 5 nitrogen and oxygen atoms in total. The van der Waals surface area contributed by atoms with Gasteiger partial charge in [-0.05, 0) is 62.4 Å². The molecule has 142 valence electrons. The van der Waals surface area contributed by atoms with Crippen LogP contribution in [-0.2, 0) is 6.42 Å². The highest BCUT2D eigenvalue weighted by Crippen LogP contribution is 2.34. The summed E-state index contributed by atoms with van der Waals surface area (Å²) >= 11 is 0. The Bertz CT molecular complexity index is 835. The number of amides is 1. The van der Waals surface area contributed by atoms with E-state index >= 15 is 0 Å². The normalized spacial score (nSPS) is 21.3. The third-order valence-electron chi connectivity index (χ3n) is 5.55. The van der Waals surface area contributed by atoms with Gasteiger partial charge in [-0.15, -0.1) is 0 Å². The second-order valence-corrected chi connectivity index (χ2v) is 7.32. The average molecular weight is 367 g/mol. The van der Waals surface area contributed by atoms with Crippen LogP contribution < -0.4 is 9.47 Å². The van der Waals surface area contributed by atoms with Gasteiger partial charge in [-0.2, -0.15) is 0 Å². The summed E-state index contributed by atoms with van der Waals surface area (Å²) in [5.74, 6) is 1.71. The van der Waals surface area contributed by atoms with E-state index in [-0.39, 0.29) is 18.0 Å². The topological polar surface area (TPSA) is 59.0 Å². The summed E-state index contributed by atoms with van der Waals surface area (Å²) in [4.78, 5) is 15.2. The van der Waals surface area contributed by atoms with Gasteiger partial charge in [0.2, 0.25) is 0 Å². The predicted octanol–water partition coefficient (Wildman–Crippen LogP) is 3.79. The summed E-state index contributed by atoms with van der Waals surface area (Å²) in [7, 11) is 0. The van der Waals surface area contributed by atoms with Crippen LogP contribution in [-0.4, -0.2) is 41.2 Å². The van der Waals surface area contributed by atoms with Gasteiger partial charge >= 0.3 is 0 Å². The van der Waals surface area contributed by atoms with Gasteiger partial charge in [-0.1, -0.05) is 18.2 Å². The van der Waals surface area contributed by atoms with E-state index in [9.17, 15) is 9.90 Å². The van der Waals surface area contributed by atoms with E-state index in [1.165, 1.54) is 0 Å². The molecule has 2 heterocycles. The Morgan fingerprint density at radius 1 is 1.11 bits per heavy atom. The summed E-state index contributed by atoms with van der Waals surface area (Å²) in [6.07, 6.45) is 3.60. The Labute approximate surface area is 159 Å². The summed E-state index contributed by atoms with van der Waals surface area (Å²) in [6, 6.07) is 13.2. The van der Waals surface area contributed by atoms with Gasteiger partial charge in [0, 0.05) is 17.6 Å². The maximum Gasteiger partial charge on any atom is 0.254 e. The van der Waals surface area contributed by atoms with Crippen molar-refractivity contribution in [2.45, 2.75) is 44.7 Å². The lowest BCUT2D eigenvalue weighted by atomic mass is 10.0. The SMILES string of the molecule is C[C@@H]1CC[C@H](CCc2ccccc2O)N1C(=O)c1ccc2c(c1)OCCO2. The zero-order chi connectivity index (χ0) is 18.8. The van der Waals surface area contributed by atoms with Gasteiger partial charge in [-0.3, -0.25) is 4.79 Å². The third kappa shape index (κ3) is 3.59. The van der Waals surface area contributed by atoms with Crippen LogP contribution in [0.3, 0.4) is 0 Å². The third-order valence-corrected chi connectivity index (χ3v) is 5.55. The van der Waals surface area contributed by atoms with Gasteiger partial charge in [0.15, 0.2) is 11.5 Å². The van der Waals surface area contributed by atoms with Crippen molar-refractivity contribution in [3.63, 3.8) is 0 Å². The number of hydrogen-bond acceptors (Lipinski definition) is 4. The van der Waals surface area contributed by atoms with Crippen molar-refractivity contribution < 1.29 is 19.4 Å². The Hall–Kier alpha value is -2.69. The molecular formula is C22H25NO4. The summed E-state index contributed by atoms with van der Waals surface area (Å²) in [6.45, 7) is 3.15. The number of nitrogens with zero attached hydrogens (tertiary/aromatic N) is 1. The van der Waals surface area contributed by atoms with Gasteiger partial charge in [0.25, 0.3) is 5.91 Å². The minimum Gasteiger partial charge on any atom is -0.508 e. The smallest absolute Gasteiger partial charge is 0.254 e. The van der Waals surface area contributed by atoms with E-state index in [1.807, 2.05) is 35.2 Å². The first-order valence-corrected chi connectivity index (χ1v) is 9.62. The van der Waals surface area contributed by atoms with Crippen LogP contribution in [0, 0.1) is 0 Å². The summed E-state index contributed by atoms with van der Waals surface area (Å²) in [5.41, 5.74) is 1.57. The largest absolute Gasteiger partial charge is 0.508 e. The molecule has 0 spiro atoms. The monoisotopic (exact) mass is 367 g/mol. The van der Waals surface area contributed by atoms with Crippen LogP contribution in [0.15, 0.2) is 42.5 Å². The zero-order valence-electron chi connectivity index (χ0n) is 15.6. The van der Waals surface area contributed by atoms with E-state index in [1.54, 1.807) is 12.1 Å². The standard InChI is InChI=1S/C22H25NO4/c1-15-6-9-18(10-7-16-4-2-3-5-19(16)24)23(15)22(25)17-8-11-20-21(14-17)27-13-12-26-20/h2-5,8,11,14-15,18,24H,6-7,9-10,12-13H2,1H3/t15-,18-/m1/s1. The van der Waals surface area contributed by atoms with E-state index in [2.05, 4.69) is 6.92 Å². The Morgan fingerprint density at radius 3 is 2.70 bits per heavy atom. The van der Waals surface area contributed by atoms with Crippen LogP contribution in [0.1, 0.15) is 42.1 Å². The van der Waals surface area contributed by atoms with Gasteiger partial charge in [0.05, 0.1) is 0 Å². The van der Waals surface area contributed by atoms with Crippen molar-refractivity contribution in [3.05, 3.63) is 53.6 Å².